The summed E-state index contributed by atoms with van der Waals surface area (Å²) in [7, 11) is 2.11. The van der Waals surface area contributed by atoms with Crippen LogP contribution < -0.4 is 9.80 Å². The molecule has 2 aromatic heterocycles. The molecule has 0 saturated carbocycles. The van der Waals surface area contributed by atoms with Gasteiger partial charge >= 0.3 is 0 Å². The summed E-state index contributed by atoms with van der Waals surface area (Å²) in [6.45, 7) is 6.26. The third-order valence-corrected chi connectivity index (χ3v) is 6.42. The number of ether oxygens (including phenoxy) is 1. The molecule has 9 nitrogen and oxygen atoms in total. The topological polar surface area (TPSA) is 75.4 Å². The molecule has 0 aliphatic carbocycles. The lowest BCUT2D eigenvalue weighted by atomic mass is 9.73. The molecule has 0 atom stereocenters. The van der Waals surface area contributed by atoms with Gasteiger partial charge in [0.2, 0.25) is 17.8 Å². The average molecular weight is 442 g/mol. The van der Waals surface area contributed by atoms with Crippen LogP contribution in [-0.4, -0.2) is 88.9 Å². The van der Waals surface area contributed by atoms with E-state index in [1.807, 2.05) is 4.90 Å². The van der Waals surface area contributed by atoms with Crippen LogP contribution in [0.5, 0.6) is 0 Å². The lowest BCUT2D eigenvalue weighted by Gasteiger charge is -2.59. The van der Waals surface area contributed by atoms with Crippen molar-refractivity contribution in [1.29, 1.82) is 0 Å². The van der Waals surface area contributed by atoms with Gasteiger partial charge in [0.05, 0.1) is 24.2 Å². The van der Waals surface area contributed by atoms with Crippen LogP contribution in [0, 0.1) is 5.41 Å². The summed E-state index contributed by atoms with van der Waals surface area (Å²) in [5.74, 6) is 0.816. The summed E-state index contributed by atoms with van der Waals surface area (Å²) >= 11 is 0. The number of para-hydroxylation sites is 2. The fourth-order valence-corrected chi connectivity index (χ4v) is 5.09. The lowest BCUT2D eigenvalue weighted by Crippen LogP contribution is -2.71. The summed E-state index contributed by atoms with van der Waals surface area (Å²) in [6, 6.07) is 7.05. The average Bonchev–Trinajstić information content (AvgIpc) is 3.15. The number of aromatic nitrogens is 5. The maximum atomic E-state index is 13.9. The number of rotatable bonds is 4. The number of benzene rings is 1. The highest BCUT2D eigenvalue weighted by Crippen LogP contribution is 2.40. The van der Waals surface area contributed by atoms with Crippen molar-refractivity contribution in [2.45, 2.75) is 6.43 Å². The number of nitrogens with zero attached hydrogens (tertiary/aromatic N) is 8. The third kappa shape index (κ3) is 3.18. The van der Waals surface area contributed by atoms with Gasteiger partial charge in [-0.05, 0) is 19.2 Å². The Morgan fingerprint density at radius 2 is 1.53 bits per heavy atom. The fourth-order valence-electron chi connectivity index (χ4n) is 5.09. The Kier molecular flexibility index (Phi) is 4.51. The lowest BCUT2D eigenvalue weighted by molar-refractivity contribution is -0.00326. The van der Waals surface area contributed by atoms with Crippen molar-refractivity contribution in [2.75, 3.05) is 69.3 Å². The zero-order chi connectivity index (χ0) is 21.9. The van der Waals surface area contributed by atoms with Gasteiger partial charge in [-0.3, -0.25) is 4.57 Å². The minimum absolute atomic E-state index is 0.173. The molecule has 1 spiro atoms. The largest absolute Gasteiger partial charge is 0.378 e. The molecule has 0 amide bonds. The summed E-state index contributed by atoms with van der Waals surface area (Å²) in [5, 5.41) is 0. The van der Waals surface area contributed by atoms with E-state index < -0.39 is 6.43 Å². The minimum atomic E-state index is -2.76. The van der Waals surface area contributed by atoms with Crippen LogP contribution in [0.2, 0.25) is 0 Å². The predicted molar refractivity (Wildman–Crippen MR) is 115 cm³/mol. The molecular formula is C21H24F2N8O. The normalized spacial score (nSPS) is 20.8. The maximum absolute atomic E-state index is 13.9. The van der Waals surface area contributed by atoms with Crippen LogP contribution in [0.1, 0.15) is 12.2 Å². The molecule has 3 aromatic rings. The van der Waals surface area contributed by atoms with Crippen molar-refractivity contribution in [1.82, 2.24) is 29.4 Å². The van der Waals surface area contributed by atoms with Gasteiger partial charge in [-0.15, -0.1) is 0 Å². The number of halogens is 2. The zero-order valence-corrected chi connectivity index (χ0v) is 17.8. The first-order chi connectivity index (χ1) is 15.5. The Bertz CT molecular complexity index is 1150. The van der Waals surface area contributed by atoms with Gasteiger partial charge in [0.1, 0.15) is 0 Å². The van der Waals surface area contributed by atoms with Gasteiger partial charge in [-0.1, -0.05) is 12.1 Å². The van der Waals surface area contributed by atoms with E-state index in [4.69, 9.17) is 9.72 Å². The van der Waals surface area contributed by atoms with Gasteiger partial charge < -0.3 is 19.4 Å². The van der Waals surface area contributed by atoms with Gasteiger partial charge in [-0.25, -0.2) is 13.8 Å². The molecule has 0 unspecified atom stereocenters. The van der Waals surface area contributed by atoms with Crippen molar-refractivity contribution < 1.29 is 13.5 Å². The van der Waals surface area contributed by atoms with Crippen molar-refractivity contribution in [3.05, 3.63) is 30.1 Å². The van der Waals surface area contributed by atoms with Crippen LogP contribution in [-0.2, 0) is 4.74 Å². The summed E-state index contributed by atoms with van der Waals surface area (Å²) in [4.78, 5) is 24.6. The number of morpholine rings is 1. The zero-order valence-electron chi connectivity index (χ0n) is 17.8. The number of likely N-dealkylation sites (tertiary alicyclic amines) is 1. The Labute approximate surface area is 183 Å². The van der Waals surface area contributed by atoms with Crippen LogP contribution in [0.15, 0.2) is 24.3 Å². The van der Waals surface area contributed by atoms with Gasteiger partial charge in [0, 0.05) is 44.7 Å². The van der Waals surface area contributed by atoms with Crippen LogP contribution in [0.25, 0.3) is 17.0 Å². The molecule has 6 rings (SSSR count). The van der Waals surface area contributed by atoms with Gasteiger partial charge in [0.25, 0.3) is 6.43 Å². The smallest absolute Gasteiger partial charge is 0.296 e. The van der Waals surface area contributed by atoms with E-state index in [0.29, 0.717) is 49.2 Å². The molecule has 0 bridgehead atoms. The van der Waals surface area contributed by atoms with Crippen LogP contribution in [0.3, 0.4) is 0 Å². The van der Waals surface area contributed by atoms with E-state index in [1.165, 1.54) is 4.57 Å². The first kappa shape index (κ1) is 19.7. The van der Waals surface area contributed by atoms with Crippen molar-refractivity contribution >= 4 is 22.9 Å². The summed E-state index contributed by atoms with van der Waals surface area (Å²) in [5.41, 5.74) is 1.32. The first-order valence-corrected chi connectivity index (χ1v) is 10.8. The van der Waals surface area contributed by atoms with Crippen LogP contribution in [0.4, 0.5) is 20.7 Å². The van der Waals surface area contributed by atoms with Crippen LogP contribution >= 0.6 is 0 Å². The third-order valence-electron chi connectivity index (χ3n) is 6.42. The molecule has 3 aliphatic heterocycles. The standard InChI is InChI=1S/C21H24F2N8O/c1-28-10-21(11-28)12-30(13-21)19-25-18(29-6-8-32-9-7-29)26-20(27-19)31-15-5-3-2-4-14(15)24-17(31)16(22)23/h2-5,16H,6-13H2,1H3. The second-order valence-electron chi connectivity index (χ2n) is 8.96. The molecule has 3 aliphatic rings. The predicted octanol–water partition coefficient (Wildman–Crippen LogP) is 1.74. The highest BCUT2D eigenvalue weighted by Gasteiger charge is 2.51. The Balaban J connectivity index is 1.45. The molecule has 5 heterocycles. The van der Waals surface area contributed by atoms with E-state index >= 15 is 0 Å². The fraction of sp³-hybridized carbons (Fsp3) is 0.524. The monoisotopic (exact) mass is 442 g/mol. The first-order valence-electron chi connectivity index (χ1n) is 10.8. The second kappa shape index (κ2) is 7.31. The molecule has 3 saturated heterocycles. The second-order valence-corrected chi connectivity index (χ2v) is 8.96. The van der Waals surface area contributed by atoms with E-state index in [0.717, 1.165) is 26.2 Å². The Hall–Kier alpha value is -2.92. The number of fused-ring (bicyclic) bond motifs is 1. The number of alkyl halides is 2. The number of hydrogen-bond acceptors (Lipinski definition) is 8. The molecule has 0 radical (unpaired) electrons. The quantitative estimate of drug-likeness (QED) is 0.605. The Morgan fingerprint density at radius 3 is 2.22 bits per heavy atom. The van der Waals surface area contributed by atoms with Crippen molar-refractivity contribution in [3.63, 3.8) is 0 Å². The van der Waals surface area contributed by atoms with Gasteiger partial charge in [-0.2, -0.15) is 15.0 Å². The SMILES string of the molecule is CN1CC2(C1)CN(c1nc(N3CCOCC3)nc(-n3c(C(F)F)nc4ccccc43)n1)C2. The molecule has 11 heteroatoms. The van der Waals surface area contributed by atoms with E-state index in [2.05, 4.69) is 31.8 Å². The van der Waals surface area contributed by atoms with Crippen molar-refractivity contribution in [2.24, 2.45) is 5.41 Å². The molecule has 3 fully saturated rings. The van der Waals surface area contributed by atoms with E-state index in [-0.39, 0.29) is 17.2 Å². The summed E-state index contributed by atoms with van der Waals surface area (Å²) in [6.07, 6.45) is -2.76. The number of anilines is 2. The maximum Gasteiger partial charge on any atom is 0.296 e. The molecular weight excluding hydrogens is 418 g/mol. The van der Waals surface area contributed by atoms with Crippen molar-refractivity contribution in [3.8, 4) is 5.95 Å². The molecule has 1 aromatic carbocycles. The molecule has 168 valence electrons. The summed E-state index contributed by atoms with van der Waals surface area (Å²) < 4.78 is 34.7. The highest BCUT2D eigenvalue weighted by atomic mass is 19.3. The molecule has 32 heavy (non-hydrogen) atoms. The number of imidazole rings is 1. The molecule has 0 N–H and O–H groups in total. The van der Waals surface area contributed by atoms with Gasteiger partial charge in [0.15, 0.2) is 5.82 Å². The Morgan fingerprint density at radius 1 is 0.875 bits per heavy atom. The van der Waals surface area contributed by atoms with E-state index in [1.54, 1.807) is 24.3 Å². The highest BCUT2D eigenvalue weighted by molar-refractivity contribution is 5.77. The number of hydrogen-bond donors (Lipinski definition) is 0. The van der Waals surface area contributed by atoms with E-state index in [9.17, 15) is 8.78 Å². The minimum Gasteiger partial charge on any atom is -0.378 e.